The Morgan fingerprint density at radius 1 is 0.838 bits per heavy atom. The minimum absolute atomic E-state index is 0.0789. The predicted octanol–water partition coefficient (Wildman–Crippen LogP) is 4.10. The van der Waals surface area contributed by atoms with Crippen molar-refractivity contribution in [3.63, 3.8) is 0 Å². The summed E-state index contributed by atoms with van der Waals surface area (Å²) in [7, 11) is 1.28. The SMILES string of the molecule is COC(=O)[C@H](Cc1ccc(OC(=O)C(C)(C)C)c(OC(=O)C(C)(C)C)c1)NCCOC(=O)C(C)C(C)C. The summed E-state index contributed by atoms with van der Waals surface area (Å²) in [4.78, 5) is 49.5. The van der Waals surface area contributed by atoms with Crippen LogP contribution in [0.5, 0.6) is 11.5 Å². The molecule has 0 spiro atoms. The van der Waals surface area contributed by atoms with Crippen molar-refractivity contribution in [1.29, 1.82) is 0 Å². The maximum Gasteiger partial charge on any atom is 0.323 e. The lowest BCUT2D eigenvalue weighted by Gasteiger charge is -2.21. The molecule has 1 aromatic rings. The van der Waals surface area contributed by atoms with Crippen LogP contribution in [0.25, 0.3) is 0 Å². The number of carbonyl (C=O) groups is 4. The van der Waals surface area contributed by atoms with Gasteiger partial charge >= 0.3 is 23.9 Å². The van der Waals surface area contributed by atoms with Gasteiger partial charge < -0.3 is 24.3 Å². The molecule has 1 rings (SSSR count). The van der Waals surface area contributed by atoms with E-state index in [4.69, 9.17) is 18.9 Å². The van der Waals surface area contributed by atoms with E-state index in [-0.39, 0.29) is 48.9 Å². The van der Waals surface area contributed by atoms with Gasteiger partial charge in [0.15, 0.2) is 11.5 Å². The minimum Gasteiger partial charge on any atom is -0.468 e. The zero-order chi connectivity index (χ0) is 28.6. The van der Waals surface area contributed by atoms with Crippen molar-refractivity contribution >= 4 is 23.9 Å². The van der Waals surface area contributed by atoms with Crippen LogP contribution in [0.1, 0.15) is 67.9 Å². The largest absolute Gasteiger partial charge is 0.468 e. The smallest absolute Gasteiger partial charge is 0.323 e. The van der Waals surface area contributed by atoms with Crippen LogP contribution in [0.2, 0.25) is 0 Å². The summed E-state index contributed by atoms with van der Waals surface area (Å²) in [5.41, 5.74) is -0.914. The highest BCUT2D eigenvalue weighted by Crippen LogP contribution is 2.33. The maximum absolute atomic E-state index is 12.6. The highest BCUT2D eigenvalue weighted by Gasteiger charge is 2.29. The molecule has 208 valence electrons. The van der Waals surface area contributed by atoms with Crippen molar-refractivity contribution in [1.82, 2.24) is 5.32 Å². The second-order valence-electron chi connectivity index (χ2n) is 11.5. The van der Waals surface area contributed by atoms with E-state index in [9.17, 15) is 19.2 Å². The third-order valence-corrected chi connectivity index (χ3v) is 5.67. The van der Waals surface area contributed by atoms with Crippen LogP contribution in [0.15, 0.2) is 18.2 Å². The summed E-state index contributed by atoms with van der Waals surface area (Å²) in [6.07, 6.45) is 0.191. The Kier molecular flexibility index (Phi) is 11.8. The molecule has 1 unspecified atom stereocenters. The molecule has 0 amide bonds. The topological polar surface area (TPSA) is 117 Å². The number of hydrogen-bond acceptors (Lipinski definition) is 9. The van der Waals surface area contributed by atoms with Gasteiger partial charge in [0, 0.05) is 6.54 Å². The summed E-state index contributed by atoms with van der Waals surface area (Å²) in [5, 5.41) is 3.05. The highest BCUT2D eigenvalue weighted by atomic mass is 16.6. The first kappa shape index (κ1) is 32.1. The highest BCUT2D eigenvalue weighted by molar-refractivity contribution is 5.81. The van der Waals surface area contributed by atoms with E-state index in [2.05, 4.69) is 5.32 Å². The average molecular weight is 522 g/mol. The van der Waals surface area contributed by atoms with Gasteiger partial charge in [0.25, 0.3) is 0 Å². The van der Waals surface area contributed by atoms with Crippen LogP contribution in [-0.4, -0.2) is 50.2 Å². The van der Waals surface area contributed by atoms with Gasteiger partial charge in [-0.05, 0) is 71.6 Å². The van der Waals surface area contributed by atoms with E-state index in [1.807, 2.05) is 20.8 Å². The van der Waals surface area contributed by atoms with Crippen LogP contribution in [0.3, 0.4) is 0 Å². The molecule has 1 N–H and O–H groups in total. The van der Waals surface area contributed by atoms with Gasteiger partial charge in [-0.25, -0.2) is 0 Å². The predicted molar refractivity (Wildman–Crippen MR) is 139 cm³/mol. The molecule has 0 saturated heterocycles. The van der Waals surface area contributed by atoms with Crippen molar-refractivity contribution in [2.45, 2.75) is 74.8 Å². The summed E-state index contributed by atoms with van der Waals surface area (Å²) >= 11 is 0. The van der Waals surface area contributed by atoms with Crippen molar-refractivity contribution in [3.8, 4) is 11.5 Å². The van der Waals surface area contributed by atoms with Crippen LogP contribution in [0.4, 0.5) is 0 Å². The van der Waals surface area contributed by atoms with E-state index in [1.54, 1.807) is 53.7 Å². The van der Waals surface area contributed by atoms with Crippen LogP contribution in [-0.2, 0) is 35.1 Å². The van der Waals surface area contributed by atoms with Gasteiger partial charge in [-0.1, -0.05) is 26.8 Å². The first-order valence-corrected chi connectivity index (χ1v) is 12.5. The summed E-state index contributed by atoms with van der Waals surface area (Å²) in [6.45, 7) is 16.3. The normalized spacial score (nSPS) is 13.5. The Labute approximate surface area is 220 Å². The second-order valence-corrected chi connectivity index (χ2v) is 11.5. The molecule has 0 saturated carbocycles. The van der Waals surface area contributed by atoms with E-state index in [1.165, 1.54) is 13.2 Å². The Morgan fingerprint density at radius 3 is 1.86 bits per heavy atom. The summed E-state index contributed by atoms with van der Waals surface area (Å²) < 4.78 is 21.3. The van der Waals surface area contributed by atoms with Crippen LogP contribution < -0.4 is 14.8 Å². The third kappa shape index (κ3) is 10.5. The molecule has 0 aliphatic carbocycles. The zero-order valence-corrected chi connectivity index (χ0v) is 23.9. The lowest BCUT2D eigenvalue weighted by Crippen LogP contribution is -2.41. The lowest BCUT2D eigenvalue weighted by molar-refractivity contribution is -0.149. The molecule has 0 bridgehead atoms. The Morgan fingerprint density at radius 2 is 1.38 bits per heavy atom. The minimum atomic E-state index is -0.790. The number of rotatable bonds is 11. The van der Waals surface area contributed by atoms with E-state index >= 15 is 0 Å². The molecule has 0 fully saturated rings. The van der Waals surface area contributed by atoms with E-state index < -0.39 is 34.8 Å². The van der Waals surface area contributed by atoms with Gasteiger partial charge in [-0.3, -0.25) is 19.2 Å². The molecule has 0 aliphatic rings. The quantitative estimate of drug-likeness (QED) is 0.261. The molecule has 9 heteroatoms. The number of hydrogen-bond donors (Lipinski definition) is 1. The summed E-state index contributed by atoms with van der Waals surface area (Å²) in [6, 6.07) is 4.03. The standard InChI is InChI=1S/C28H43NO8/c1-17(2)18(3)23(30)35-14-13-29-20(24(31)34-10)15-19-11-12-21(36-25(32)27(4,5)6)22(16-19)37-26(33)28(7,8)9/h11-12,16-18,20,29H,13-15H2,1-10H3/t18?,20-/m0/s1. The van der Waals surface area contributed by atoms with Gasteiger partial charge in [0.2, 0.25) is 0 Å². The molecule has 0 aromatic heterocycles. The molecule has 37 heavy (non-hydrogen) atoms. The first-order valence-electron chi connectivity index (χ1n) is 12.5. The van der Waals surface area contributed by atoms with Crippen LogP contribution >= 0.6 is 0 Å². The number of carbonyl (C=O) groups excluding carboxylic acids is 4. The average Bonchev–Trinajstić information content (AvgIpc) is 2.79. The molecule has 0 aliphatic heterocycles. The number of ether oxygens (including phenoxy) is 4. The van der Waals surface area contributed by atoms with Crippen molar-refractivity contribution in [2.75, 3.05) is 20.3 Å². The fourth-order valence-electron chi connectivity index (χ4n) is 2.75. The van der Waals surface area contributed by atoms with Gasteiger partial charge in [-0.15, -0.1) is 0 Å². The zero-order valence-electron chi connectivity index (χ0n) is 23.9. The van der Waals surface area contributed by atoms with Gasteiger partial charge in [-0.2, -0.15) is 0 Å². The van der Waals surface area contributed by atoms with Crippen molar-refractivity contribution in [2.24, 2.45) is 22.7 Å². The summed E-state index contributed by atoms with van der Waals surface area (Å²) in [5.74, 6) is -1.66. The molecular formula is C28H43NO8. The number of methoxy groups -OCH3 is 1. The van der Waals surface area contributed by atoms with E-state index in [0.717, 1.165) is 0 Å². The first-order chi connectivity index (χ1) is 17.0. The molecular weight excluding hydrogens is 478 g/mol. The Hall–Kier alpha value is -2.94. The van der Waals surface area contributed by atoms with Crippen molar-refractivity contribution in [3.05, 3.63) is 23.8 Å². The monoisotopic (exact) mass is 521 g/mol. The number of esters is 4. The Bertz CT molecular complexity index is 956. The maximum atomic E-state index is 12.6. The fraction of sp³-hybridized carbons (Fsp3) is 0.643. The number of nitrogens with one attached hydrogen (secondary N) is 1. The number of benzene rings is 1. The molecule has 9 nitrogen and oxygen atoms in total. The molecule has 0 heterocycles. The molecule has 1 aromatic carbocycles. The van der Waals surface area contributed by atoms with Crippen LogP contribution in [0, 0.1) is 22.7 Å². The lowest BCUT2D eigenvalue weighted by atomic mass is 9.97. The third-order valence-electron chi connectivity index (χ3n) is 5.67. The van der Waals surface area contributed by atoms with E-state index in [0.29, 0.717) is 5.56 Å². The van der Waals surface area contributed by atoms with Gasteiger partial charge in [0.1, 0.15) is 12.6 Å². The fourth-order valence-corrected chi connectivity index (χ4v) is 2.75. The van der Waals surface area contributed by atoms with Gasteiger partial charge in [0.05, 0.1) is 23.9 Å². The molecule has 2 atom stereocenters. The van der Waals surface area contributed by atoms with Crippen molar-refractivity contribution < 1.29 is 38.1 Å². The Balaban J connectivity index is 3.07. The molecule has 0 radical (unpaired) electrons. The second kappa shape index (κ2) is 13.6.